The number of fused-ring (bicyclic) bond motifs is 1. The van der Waals surface area contributed by atoms with Crippen LogP contribution in [-0.4, -0.2) is 67.8 Å². The third-order valence-electron chi connectivity index (χ3n) is 6.27. The molecule has 2 heterocycles. The zero-order valence-electron chi connectivity index (χ0n) is 19.5. The second kappa shape index (κ2) is 9.40. The van der Waals surface area contributed by atoms with E-state index in [0.717, 1.165) is 23.7 Å². The minimum Gasteiger partial charge on any atom is -0.345 e. The van der Waals surface area contributed by atoms with Gasteiger partial charge in [-0.3, -0.25) is 4.79 Å². The molecule has 176 valence electrons. The number of anilines is 1. The molecule has 0 N–H and O–H groups in total. The Morgan fingerprint density at radius 2 is 1.61 bits per heavy atom. The first kappa shape index (κ1) is 23.7. The Labute approximate surface area is 199 Å². The lowest BCUT2D eigenvalue weighted by Gasteiger charge is -2.34. The minimum absolute atomic E-state index is 0.0722. The topological polar surface area (TPSA) is 73.8 Å². The van der Waals surface area contributed by atoms with Gasteiger partial charge in [-0.25, -0.2) is 13.4 Å². The Bertz CT molecular complexity index is 1220. The van der Waals surface area contributed by atoms with Gasteiger partial charge in [-0.05, 0) is 61.4 Å². The monoisotopic (exact) mass is 486 g/mol. The number of benzene rings is 2. The summed E-state index contributed by atoms with van der Waals surface area (Å²) in [6.45, 7) is 11.3. The molecular weight excluding hydrogens is 456 g/mol. The number of amides is 1. The predicted octanol–water partition coefficient (Wildman–Crippen LogP) is 3.91. The van der Waals surface area contributed by atoms with E-state index in [0.29, 0.717) is 31.7 Å². The summed E-state index contributed by atoms with van der Waals surface area (Å²) in [5, 5.41) is 0.994. The maximum Gasteiger partial charge on any atom is 0.253 e. The Balaban J connectivity index is 1.42. The molecule has 33 heavy (non-hydrogen) atoms. The Morgan fingerprint density at radius 3 is 2.21 bits per heavy atom. The lowest BCUT2D eigenvalue weighted by Crippen LogP contribution is -2.48. The third kappa shape index (κ3) is 4.62. The molecule has 1 aliphatic heterocycles. The van der Waals surface area contributed by atoms with Crippen molar-refractivity contribution in [1.29, 1.82) is 0 Å². The molecule has 1 amide bonds. The fourth-order valence-corrected chi connectivity index (χ4v) is 6.62. The van der Waals surface area contributed by atoms with Crippen molar-refractivity contribution in [2.75, 3.05) is 44.2 Å². The zero-order valence-corrected chi connectivity index (χ0v) is 21.2. The average Bonchev–Trinajstić information content (AvgIpc) is 3.22. The highest BCUT2D eigenvalue weighted by Crippen LogP contribution is 2.31. The van der Waals surface area contributed by atoms with E-state index in [2.05, 4.69) is 30.9 Å². The Morgan fingerprint density at radius 1 is 1.00 bits per heavy atom. The first-order valence-electron chi connectivity index (χ1n) is 11.3. The molecule has 0 spiro atoms. The second-order valence-corrected chi connectivity index (χ2v) is 11.2. The van der Waals surface area contributed by atoms with E-state index >= 15 is 0 Å². The highest BCUT2D eigenvalue weighted by molar-refractivity contribution is 7.89. The highest BCUT2D eigenvalue weighted by Gasteiger charge is 2.25. The SMILES string of the molecule is CCN(CC)S(=O)(=O)c1ccc(C(=O)N2CCN(c3nc4cc(C)c(C)cc4s3)CC2)cc1. The molecule has 0 unspecified atom stereocenters. The van der Waals surface area contributed by atoms with Crippen molar-refractivity contribution in [3.05, 3.63) is 53.1 Å². The van der Waals surface area contributed by atoms with Crippen LogP contribution in [0.1, 0.15) is 35.3 Å². The van der Waals surface area contributed by atoms with E-state index in [9.17, 15) is 13.2 Å². The Hall–Kier alpha value is -2.49. The number of thiazole rings is 1. The molecule has 7 nitrogen and oxygen atoms in total. The number of nitrogens with zero attached hydrogens (tertiary/aromatic N) is 4. The standard InChI is InChI=1S/C24H30N4O3S2/c1-5-28(6-2)33(30,31)20-9-7-19(8-10-20)23(29)26-11-13-27(14-12-26)24-25-21-15-17(3)18(4)16-22(21)32-24/h7-10,15-16H,5-6,11-14H2,1-4H3. The highest BCUT2D eigenvalue weighted by atomic mass is 32.2. The molecule has 2 aromatic carbocycles. The average molecular weight is 487 g/mol. The number of carbonyl (C=O) groups is 1. The largest absolute Gasteiger partial charge is 0.345 e. The van der Waals surface area contributed by atoms with Crippen molar-refractivity contribution in [3.63, 3.8) is 0 Å². The molecule has 0 saturated carbocycles. The van der Waals surface area contributed by atoms with Gasteiger partial charge in [0.05, 0.1) is 15.1 Å². The van der Waals surface area contributed by atoms with E-state index in [4.69, 9.17) is 4.98 Å². The fourth-order valence-electron chi connectivity index (χ4n) is 4.07. The third-order valence-corrected chi connectivity index (χ3v) is 9.42. The number of aryl methyl sites for hydroxylation is 2. The number of sulfonamides is 1. The zero-order chi connectivity index (χ0) is 23.8. The molecule has 9 heteroatoms. The van der Waals surface area contributed by atoms with E-state index < -0.39 is 10.0 Å². The number of piperazine rings is 1. The van der Waals surface area contributed by atoms with Crippen LogP contribution < -0.4 is 4.90 Å². The quantitative estimate of drug-likeness (QED) is 0.528. The summed E-state index contributed by atoms with van der Waals surface area (Å²) < 4.78 is 27.9. The molecule has 1 aliphatic rings. The number of rotatable bonds is 6. The smallest absolute Gasteiger partial charge is 0.253 e. The van der Waals surface area contributed by atoms with Crippen molar-refractivity contribution in [2.45, 2.75) is 32.6 Å². The van der Waals surface area contributed by atoms with E-state index in [1.807, 2.05) is 18.7 Å². The first-order valence-corrected chi connectivity index (χ1v) is 13.5. The van der Waals surface area contributed by atoms with Gasteiger partial charge in [0.25, 0.3) is 5.91 Å². The van der Waals surface area contributed by atoms with Gasteiger partial charge in [-0.1, -0.05) is 25.2 Å². The van der Waals surface area contributed by atoms with Crippen molar-refractivity contribution in [1.82, 2.24) is 14.2 Å². The molecule has 3 aromatic rings. The van der Waals surface area contributed by atoms with Crippen LogP contribution in [0.15, 0.2) is 41.3 Å². The van der Waals surface area contributed by atoms with Crippen LogP contribution in [0, 0.1) is 13.8 Å². The molecule has 1 saturated heterocycles. The molecule has 0 aliphatic carbocycles. The maximum atomic E-state index is 13.0. The van der Waals surface area contributed by atoms with Crippen LogP contribution in [0.3, 0.4) is 0 Å². The summed E-state index contributed by atoms with van der Waals surface area (Å²) in [7, 11) is -3.53. The summed E-state index contributed by atoms with van der Waals surface area (Å²) in [5.74, 6) is -0.0722. The van der Waals surface area contributed by atoms with Crippen LogP contribution in [0.5, 0.6) is 0 Å². The van der Waals surface area contributed by atoms with Crippen LogP contribution in [0.4, 0.5) is 5.13 Å². The van der Waals surface area contributed by atoms with Gasteiger partial charge in [0, 0.05) is 44.8 Å². The molecule has 4 rings (SSSR count). The van der Waals surface area contributed by atoms with Crippen molar-refractivity contribution in [3.8, 4) is 0 Å². The number of hydrogen-bond acceptors (Lipinski definition) is 6. The van der Waals surface area contributed by atoms with Crippen molar-refractivity contribution < 1.29 is 13.2 Å². The Kier molecular flexibility index (Phi) is 6.74. The van der Waals surface area contributed by atoms with Gasteiger partial charge < -0.3 is 9.80 Å². The summed E-state index contributed by atoms with van der Waals surface area (Å²) in [6, 6.07) is 10.6. The summed E-state index contributed by atoms with van der Waals surface area (Å²) >= 11 is 1.69. The number of aromatic nitrogens is 1. The van der Waals surface area contributed by atoms with Crippen LogP contribution in [0.2, 0.25) is 0 Å². The van der Waals surface area contributed by atoms with E-state index in [1.54, 1.807) is 23.5 Å². The van der Waals surface area contributed by atoms with Gasteiger partial charge in [0.15, 0.2) is 5.13 Å². The minimum atomic E-state index is -3.53. The maximum absolute atomic E-state index is 13.0. The second-order valence-electron chi connectivity index (χ2n) is 8.29. The summed E-state index contributed by atoms with van der Waals surface area (Å²) in [5.41, 5.74) is 4.04. The molecule has 1 aromatic heterocycles. The normalized spacial score (nSPS) is 14.9. The van der Waals surface area contributed by atoms with Crippen LogP contribution in [-0.2, 0) is 10.0 Å². The van der Waals surface area contributed by atoms with Crippen LogP contribution >= 0.6 is 11.3 Å². The molecule has 1 fully saturated rings. The van der Waals surface area contributed by atoms with Crippen molar-refractivity contribution in [2.24, 2.45) is 0 Å². The summed E-state index contributed by atoms with van der Waals surface area (Å²) in [6.07, 6.45) is 0. The fraction of sp³-hybridized carbons (Fsp3) is 0.417. The number of carbonyl (C=O) groups excluding carboxylic acids is 1. The van der Waals surface area contributed by atoms with Crippen molar-refractivity contribution >= 4 is 42.6 Å². The van der Waals surface area contributed by atoms with Gasteiger partial charge in [0.1, 0.15) is 0 Å². The van der Waals surface area contributed by atoms with E-state index in [-0.39, 0.29) is 10.8 Å². The van der Waals surface area contributed by atoms with Gasteiger partial charge >= 0.3 is 0 Å². The van der Waals surface area contributed by atoms with E-state index in [1.165, 1.54) is 32.3 Å². The first-order chi connectivity index (χ1) is 15.7. The summed E-state index contributed by atoms with van der Waals surface area (Å²) in [4.78, 5) is 22.1. The lowest BCUT2D eigenvalue weighted by molar-refractivity contribution is 0.0746. The number of hydrogen-bond donors (Lipinski definition) is 0. The lowest BCUT2D eigenvalue weighted by atomic mass is 10.1. The molecular formula is C24H30N4O3S2. The van der Waals surface area contributed by atoms with Crippen LogP contribution in [0.25, 0.3) is 10.2 Å². The predicted molar refractivity (Wildman–Crippen MR) is 134 cm³/mol. The van der Waals surface area contributed by atoms with Gasteiger partial charge in [0.2, 0.25) is 10.0 Å². The van der Waals surface area contributed by atoms with Gasteiger partial charge in [-0.2, -0.15) is 4.31 Å². The molecule has 0 bridgehead atoms. The molecule has 0 atom stereocenters. The van der Waals surface area contributed by atoms with Gasteiger partial charge in [-0.15, -0.1) is 0 Å². The molecule has 0 radical (unpaired) electrons.